The van der Waals surface area contributed by atoms with Crippen molar-refractivity contribution in [3.05, 3.63) is 34.2 Å². The van der Waals surface area contributed by atoms with Gasteiger partial charge in [0.15, 0.2) is 0 Å². The standard InChI is InChI=1S/C11H7Cl2N3/c1-5-2-3-6-7(4-5)14-10-8(6)9(12)15-11(13)16-10/h2-4H,1H3,(H,14,15,16). The summed E-state index contributed by atoms with van der Waals surface area (Å²) in [5, 5.41) is 2.37. The third kappa shape index (κ3) is 1.36. The van der Waals surface area contributed by atoms with Gasteiger partial charge in [-0.1, -0.05) is 23.7 Å². The minimum atomic E-state index is 0.153. The summed E-state index contributed by atoms with van der Waals surface area (Å²) in [5.41, 5.74) is 2.84. The Labute approximate surface area is 101 Å². The summed E-state index contributed by atoms with van der Waals surface area (Å²) in [4.78, 5) is 11.2. The van der Waals surface area contributed by atoms with Gasteiger partial charge in [0.1, 0.15) is 10.8 Å². The van der Waals surface area contributed by atoms with E-state index >= 15 is 0 Å². The molecular formula is C11H7Cl2N3. The van der Waals surface area contributed by atoms with Crippen molar-refractivity contribution in [3.8, 4) is 0 Å². The second-order valence-corrected chi connectivity index (χ2v) is 4.38. The number of halogens is 2. The summed E-state index contributed by atoms with van der Waals surface area (Å²) < 4.78 is 0. The van der Waals surface area contributed by atoms with Gasteiger partial charge >= 0.3 is 0 Å². The molecule has 3 aromatic rings. The zero-order valence-corrected chi connectivity index (χ0v) is 9.89. The van der Waals surface area contributed by atoms with Crippen molar-refractivity contribution in [2.24, 2.45) is 0 Å². The van der Waals surface area contributed by atoms with Crippen LogP contribution in [0.1, 0.15) is 5.56 Å². The van der Waals surface area contributed by atoms with Gasteiger partial charge in [0.25, 0.3) is 0 Å². The molecule has 1 aromatic carbocycles. The summed E-state index contributed by atoms with van der Waals surface area (Å²) in [6.45, 7) is 2.03. The van der Waals surface area contributed by atoms with Crippen molar-refractivity contribution < 1.29 is 0 Å². The number of benzene rings is 1. The third-order valence-electron chi connectivity index (χ3n) is 2.54. The van der Waals surface area contributed by atoms with Crippen LogP contribution in [0, 0.1) is 6.92 Å². The maximum Gasteiger partial charge on any atom is 0.225 e. The molecule has 0 aliphatic heterocycles. The fourth-order valence-corrected chi connectivity index (χ4v) is 2.33. The van der Waals surface area contributed by atoms with Crippen LogP contribution < -0.4 is 0 Å². The smallest absolute Gasteiger partial charge is 0.225 e. The van der Waals surface area contributed by atoms with E-state index in [1.54, 1.807) is 0 Å². The molecule has 2 aromatic heterocycles. The first-order valence-electron chi connectivity index (χ1n) is 4.76. The number of aromatic nitrogens is 3. The Bertz CT molecular complexity index is 703. The highest BCUT2D eigenvalue weighted by atomic mass is 35.5. The Kier molecular flexibility index (Phi) is 2.06. The van der Waals surface area contributed by atoms with Gasteiger partial charge in [0, 0.05) is 10.9 Å². The zero-order valence-electron chi connectivity index (χ0n) is 8.38. The number of H-pyrrole nitrogens is 1. The van der Waals surface area contributed by atoms with Crippen molar-refractivity contribution in [1.82, 2.24) is 15.0 Å². The highest BCUT2D eigenvalue weighted by Crippen LogP contribution is 2.30. The van der Waals surface area contributed by atoms with Gasteiger partial charge in [-0.2, -0.15) is 4.98 Å². The molecular weight excluding hydrogens is 245 g/mol. The van der Waals surface area contributed by atoms with Crippen LogP contribution in [0.15, 0.2) is 18.2 Å². The average Bonchev–Trinajstić information content (AvgIpc) is 2.54. The van der Waals surface area contributed by atoms with Crippen LogP contribution in [-0.2, 0) is 0 Å². The van der Waals surface area contributed by atoms with Gasteiger partial charge in [0.05, 0.1) is 5.39 Å². The van der Waals surface area contributed by atoms with Gasteiger partial charge in [-0.05, 0) is 30.2 Å². The number of nitrogens with zero attached hydrogens (tertiary/aromatic N) is 2. The Hall–Kier alpha value is -1.32. The van der Waals surface area contributed by atoms with Gasteiger partial charge in [-0.25, -0.2) is 4.98 Å². The van der Waals surface area contributed by atoms with Crippen LogP contribution in [0.25, 0.3) is 21.9 Å². The molecule has 0 saturated heterocycles. The molecule has 0 fully saturated rings. The van der Waals surface area contributed by atoms with E-state index in [4.69, 9.17) is 23.2 Å². The van der Waals surface area contributed by atoms with Crippen molar-refractivity contribution in [3.63, 3.8) is 0 Å². The van der Waals surface area contributed by atoms with Crippen molar-refractivity contribution >= 4 is 45.1 Å². The molecule has 3 rings (SSSR count). The van der Waals surface area contributed by atoms with Gasteiger partial charge < -0.3 is 4.98 Å². The third-order valence-corrected chi connectivity index (χ3v) is 2.98. The first-order chi connectivity index (χ1) is 7.65. The first kappa shape index (κ1) is 9.87. The number of hydrogen-bond acceptors (Lipinski definition) is 2. The van der Waals surface area contributed by atoms with E-state index in [9.17, 15) is 0 Å². The zero-order chi connectivity index (χ0) is 11.3. The summed E-state index contributed by atoms with van der Waals surface area (Å²) in [5.74, 6) is 0. The van der Waals surface area contributed by atoms with E-state index in [2.05, 4.69) is 15.0 Å². The van der Waals surface area contributed by atoms with E-state index in [0.29, 0.717) is 10.8 Å². The fraction of sp³-hybridized carbons (Fsp3) is 0.0909. The van der Waals surface area contributed by atoms with Crippen LogP contribution in [0.4, 0.5) is 0 Å². The van der Waals surface area contributed by atoms with E-state index in [0.717, 1.165) is 16.3 Å². The molecule has 0 unspecified atom stereocenters. The maximum atomic E-state index is 6.07. The molecule has 3 nitrogen and oxygen atoms in total. The highest BCUT2D eigenvalue weighted by Gasteiger charge is 2.11. The molecule has 1 N–H and O–H groups in total. The van der Waals surface area contributed by atoms with Crippen molar-refractivity contribution in [1.29, 1.82) is 0 Å². The molecule has 0 radical (unpaired) electrons. The quantitative estimate of drug-likeness (QED) is 0.489. The summed E-state index contributed by atoms with van der Waals surface area (Å²) >= 11 is 11.8. The molecule has 2 heterocycles. The van der Waals surface area contributed by atoms with E-state index in [1.165, 1.54) is 5.56 Å². The first-order valence-corrected chi connectivity index (χ1v) is 5.52. The Balaban J connectivity index is 2.56. The normalized spacial score (nSPS) is 11.4. The minimum Gasteiger partial charge on any atom is -0.339 e. The predicted molar refractivity (Wildman–Crippen MR) is 66.2 cm³/mol. The largest absolute Gasteiger partial charge is 0.339 e. The number of aromatic amines is 1. The van der Waals surface area contributed by atoms with Crippen LogP contribution in [0.3, 0.4) is 0 Å². The van der Waals surface area contributed by atoms with Gasteiger partial charge in [-0.3, -0.25) is 0 Å². The Morgan fingerprint density at radius 2 is 2.00 bits per heavy atom. The summed E-state index contributed by atoms with van der Waals surface area (Å²) in [7, 11) is 0. The number of nitrogens with one attached hydrogen (secondary N) is 1. The summed E-state index contributed by atoms with van der Waals surface area (Å²) in [6.07, 6.45) is 0. The van der Waals surface area contributed by atoms with E-state index in [1.807, 2.05) is 25.1 Å². The maximum absolute atomic E-state index is 6.07. The Morgan fingerprint density at radius 1 is 1.19 bits per heavy atom. The number of fused-ring (bicyclic) bond motifs is 3. The monoisotopic (exact) mass is 251 g/mol. The average molecular weight is 252 g/mol. The number of hydrogen-bond donors (Lipinski definition) is 1. The lowest BCUT2D eigenvalue weighted by atomic mass is 10.1. The molecule has 80 valence electrons. The lowest BCUT2D eigenvalue weighted by Crippen LogP contribution is -1.84. The lowest BCUT2D eigenvalue weighted by Gasteiger charge is -1.95. The number of rotatable bonds is 0. The molecule has 0 spiro atoms. The molecule has 0 atom stereocenters. The highest BCUT2D eigenvalue weighted by molar-refractivity contribution is 6.37. The second kappa shape index (κ2) is 3.34. The van der Waals surface area contributed by atoms with Crippen LogP contribution in [-0.4, -0.2) is 15.0 Å². The van der Waals surface area contributed by atoms with E-state index in [-0.39, 0.29) is 5.28 Å². The fourth-order valence-electron chi connectivity index (χ4n) is 1.84. The predicted octanol–water partition coefficient (Wildman–Crippen LogP) is 3.73. The molecule has 0 aliphatic carbocycles. The molecule has 0 saturated carbocycles. The van der Waals surface area contributed by atoms with Gasteiger partial charge in [-0.15, -0.1) is 0 Å². The second-order valence-electron chi connectivity index (χ2n) is 3.68. The van der Waals surface area contributed by atoms with Crippen molar-refractivity contribution in [2.45, 2.75) is 6.92 Å². The summed E-state index contributed by atoms with van der Waals surface area (Å²) in [6, 6.07) is 6.08. The SMILES string of the molecule is Cc1ccc2c(c1)[nH]c1nc(Cl)nc(Cl)c12. The molecule has 0 amide bonds. The topological polar surface area (TPSA) is 41.6 Å². The Morgan fingerprint density at radius 3 is 2.81 bits per heavy atom. The van der Waals surface area contributed by atoms with E-state index < -0.39 is 0 Å². The molecule has 5 heteroatoms. The van der Waals surface area contributed by atoms with Crippen LogP contribution in [0.5, 0.6) is 0 Å². The van der Waals surface area contributed by atoms with Gasteiger partial charge in [0.2, 0.25) is 5.28 Å². The van der Waals surface area contributed by atoms with Crippen LogP contribution in [0.2, 0.25) is 10.4 Å². The number of aryl methyl sites for hydroxylation is 1. The van der Waals surface area contributed by atoms with Crippen LogP contribution >= 0.6 is 23.2 Å². The molecule has 16 heavy (non-hydrogen) atoms. The minimum absolute atomic E-state index is 0.153. The molecule has 0 aliphatic rings. The lowest BCUT2D eigenvalue weighted by molar-refractivity contribution is 1.20. The van der Waals surface area contributed by atoms with Crippen molar-refractivity contribution in [2.75, 3.05) is 0 Å². The molecule has 0 bridgehead atoms.